The summed E-state index contributed by atoms with van der Waals surface area (Å²) in [6.07, 6.45) is 0. The zero-order valence-corrected chi connectivity index (χ0v) is 10.0. The molecule has 0 bridgehead atoms. The molecule has 0 heterocycles. The molecule has 0 fully saturated rings. The highest BCUT2D eigenvalue weighted by molar-refractivity contribution is 5.92. The lowest BCUT2D eigenvalue weighted by molar-refractivity contribution is -0.142. The van der Waals surface area contributed by atoms with Crippen molar-refractivity contribution < 1.29 is 28.9 Å². The number of benzene rings is 1. The molecule has 0 aromatic heterocycles. The molecule has 8 heteroatoms. The number of carboxylic acid groups (broad SMARTS) is 1. The first-order chi connectivity index (χ1) is 7.88. The molecule has 100 valence electrons. The van der Waals surface area contributed by atoms with Gasteiger partial charge in [-0.15, -0.1) is 12.4 Å². The maximum atomic E-state index is 13.1. The van der Waals surface area contributed by atoms with Gasteiger partial charge in [-0.25, -0.2) is 9.18 Å². The number of carbonyl (C=O) groups excluding carboxylic acids is 1. The molecule has 0 saturated heterocycles. The summed E-state index contributed by atoms with van der Waals surface area (Å²) < 4.78 is 17.4. The van der Waals surface area contributed by atoms with Gasteiger partial charge in [0.1, 0.15) is 23.2 Å². The number of hydrogen-bond acceptors (Lipinski definition) is 5. The molecule has 0 spiro atoms. The van der Waals surface area contributed by atoms with Crippen LogP contribution in [0.25, 0.3) is 0 Å². The molecule has 1 rings (SSSR count). The van der Waals surface area contributed by atoms with Crippen molar-refractivity contribution >= 4 is 24.3 Å². The van der Waals surface area contributed by atoms with Gasteiger partial charge in [0, 0.05) is 5.56 Å². The van der Waals surface area contributed by atoms with Gasteiger partial charge in [0.2, 0.25) is 0 Å². The Morgan fingerprint density at radius 3 is 2.44 bits per heavy atom. The number of ether oxygens (including phenoxy) is 1. The standard InChI is InChI=1S/C10H10FNO5.ClH/c1-17-10(16)7(12)5-2-4(11)3-6(8(5)13)9(14)15;/h2-3,7,13H,12H2,1H3,(H,14,15);1H/t7-;/m0./s1. The van der Waals surface area contributed by atoms with Gasteiger partial charge in [-0.05, 0) is 12.1 Å². The Hall–Kier alpha value is -1.86. The first-order valence-corrected chi connectivity index (χ1v) is 4.47. The molecular formula is C10H11ClFNO5. The fourth-order valence-electron chi connectivity index (χ4n) is 1.27. The van der Waals surface area contributed by atoms with E-state index in [4.69, 9.17) is 10.8 Å². The van der Waals surface area contributed by atoms with E-state index in [0.717, 1.165) is 13.2 Å². The highest BCUT2D eigenvalue weighted by Crippen LogP contribution is 2.28. The first kappa shape index (κ1) is 16.1. The van der Waals surface area contributed by atoms with Crippen molar-refractivity contribution in [3.05, 3.63) is 29.1 Å². The van der Waals surface area contributed by atoms with Gasteiger partial charge in [0.05, 0.1) is 7.11 Å². The molecule has 1 aromatic carbocycles. The summed E-state index contributed by atoms with van der Waals surface area (Å²) in [7, 11) is 1.07. The van der Waals surface area contributed by atoms with E-state index in [9.17, 15) is 19.1 Å². The van der Waals surface area contributed by atoms with E-state index in [1.165, 1.54) is 0 Å². The molecular weight excluding hydrogens is 269 g/mol. The van der Waals surface area contributed by atoms with Crippen LogP contribution in [0.15, 0.2) is 12.1 Å². The molecule has 18 heavy (non-hydrogen) atoms. The van der Waals surface area contributed by atoms with Crippen molar-refractivity contribution in [3.8, 4) is 5.75 Å². The summed E-state index contributed by atoms with van der Waals surface area (Å²) >= 11 is 0. The van der Waals surface area contributed by atoms with Crippen LogP contribution >= 0.6 is 12.4 Å². The van der Waals surface area contributed by atoms with Crippen LogP contribution in [0.1, 0.15) is 22.0 Å². The fraction of sp³-hybridized carbons (Fsp3) is 0.200. The molecule has 0 aliphatic heterocycles. The Morgan fingerprint density at radius 2 is 2.00 bits per heavy atom. The second-order valence-corrected chi connectivity index (χ2v) is 3.20. The van der Waals surface area contributed by atoms with Crippen LogP contribution in [0.2, 0.25) is 0 Å². The summed E-state index contributed by atoms with van der Waals surface area (Å²) in [6.45, 7) is 0. The van der Waals surface area contributed by atoms with E-state index in [-0.39, 0.29) is 18.0 Å². The zero-order chi connectivity index (χ0) is 13.2. The summed E-state index contributed by atoms with van der Waals surface area (Å²) in [5.74, 6) is -4.12. The summed E-state index contributed by atoms with van der Waals surface area (Å²) in [6, 6.07) is -0.0389. The number of esters is 1. The van der Waals surface area contributed by atoms with Gasteiger partial charge in [0.25, 0.3) is 0 Å². The molecule has 0 aliphatic carbocycles. The van der Waals surface area contributed by atoms with Gasteiger partial charge >= 0.3 is 11.9 Å². The number of carbonyl (C=O) groups is 2. The number of aromatic hydroxyl groups is 1. The summed E-state index contributed by atoms with van der Waals surface area (Å²) in [5, 5.41) is 18.3. The third-order valence-electron chi connectivity index (χ3n) is 2.12. The molecule has 6 nitrogen and oxygen atoms in total. The average molecular weight is 280 g/mol. The van der Waals surface area contributed by atoms with Gasteiger partial charge in [-0.3, -0.25) is 4.79 Å². The van der Waals surface area contributed by atoms with Gasteiger partial charge in [0.15, 0.2) is 0 Å². The Labute approximate surface area is 108 Å². The minimum atomic E-state index is -1.53. The van der Waals surface area contributed by atoms with Gasteiger partial charge in [-0.1, -0.05) is 0 Å². The van der Waals surface area contributed by atoms with E-state index in [1.54, 1.807) is 0 Å². The minimum Gasteiger partial charge on any atom is -0.507 e. The Morgan fingerprint density at radius 1 is 1.44 bits per heavy atom. The fourth-order valence-corrected chi connectivity index (χ4v) is 1.27. The predicted molar refractivity (Wildman–Crippen MR) is 61.2 cm³/mol. The van der Waals surface area contributed by atoms with Crippen LogP contribution in [0.3, 0.4) is 0 Å². The maximum Gasteiger partial charge on any atom is 0.339 e. The molecule has 1 aromatic rings. The van der Waals surface area contributed by atoms with E-state index < -0.39 is 35.1 Å². The lowest BCUT2D eigenvalue weighted by Crippen LogP contribution is -2.23. The SMILES string of the molecule is COC(=O)[C@@H](N)c1cc(F)cc(C(=O)O)c1O.Cl. The quantitative estimate of drug-likeness (QED) is 0.707. The Kier molecular flexibility index (Phi) is 5.54. The third kappa shape index (κ3) is 3.08. The van der Waals surface area contributed by atoms with Crippen LogP contribution in [0.4, 0.5) is 4.39 Å². The third-order valence-corrected chi connectivity index (χ3v) is 2.12. The van der Waals surface area contributed by atoms with E-state index in [1.807, 2.05) is 0 Å². The Bertz CT molecular complexity index is 480. The smallest absolute Gasteiger partial charge is 0.339 e. The second kappa shape index (κ2) is 6.18. The molecule has 0 unspecified atom stereocenters. The maximum absolute atomic E-state index is 13.1. The molecule has 0 radical (unpaired) electrons. The van der Waals surface area contributed by atoms with Crippen LogP contribution in [0.5, 0.6) is 5.75 Å². The summed E-state index contributed by atoms with van der Waals surface area (Å²) in [4.78, 5) is 21.8. The normalized spacial score (nSPS) is 11.3. The van der Waals surface area contributed by atoms with Crippen molar-refractivity contribution in [1.82, 2.24) is 0 Å². The number of halogens is 2. The van der Waals surface area contributed by atoms with Gasteiger partial charge in [-0.2, -0.15) is 0 Å². The zero-order valence-electron chi connectivity index (χ0n) is 9.21. The number of carboxylic acids is 1. The summed E-state index contributed by atoms with van der Waals surface area (Å²) in [5.41, 5.74) is 4.39. The number of nitrogens with two attached hydrogens (primary N) is 1. The van der Waals surface area contributed by atoms with Crippen molar-refractivity contribution in [2.24, 2.45) is 5.73 Å². The lowest BCUT2D eigenvalue weighted by Gasteiger charge is -2.13. The van der Waals surface area contributed by atoms with E-state index in [0.29, 0.717) is 6.07 Å². The van der Waals surface area contributed by atoms with Crippen molar-refractivity contribution in [3.63, 3.8) is 0 Å². The molecule has 0 aliphatic rings. The number of methoxy groups -OCH3 is 1. The van der Waals surface area contributed by atoms with Crippen LogP contribution in [-0.4, -0.2) is 29.3 Å². The molecule has 4 N–H and O–H groups in total. The first-order valence-electron chi connectivity index (χ1n) is 4.47. The monoisotopic (exact) mass is 279 g/mol. The van der Waals surface area contributed by atoms with Crippen molar-refractivity contribution in [2.45, 2.75) is 6.04 Å². The largest absolute Gasteiger partial charge is 0.507 e. The molecule has 0 saturated carbocycles. The minimum absolute atomic E-state index is 0. The van der Waals surface area contributed by atoms with Crippen molar-refractivity contribution in [2.75, 3.05) is 7.11 Å². The van der Waals surface area contributed by atoms with Gasteiger partial charge < -0.3 is 20.7 Å². The number of hydrogen-bond donors (Lipinski definition) is 3. The Balaban J connectivity index is 0.00000289. The van der Waals surface area contributed by atoms with Crippen LogP contribution in [-0.2, 0) is 9.53 Å². The van der Waals surface area contributed by atoms with Crippen LogP contribution in [0, 0.1) is 5.82 Å². The topological polar surface area (TPSA) is 110 Å². The van der Waals surface area contributed by atoms with Crippen LogP contribution < -0.4 is 5.73 Å². The van der Waals surface area contributed by atoms with E-state index >= 15 is 0 Å². The van der Waals surface area contributed by atoms with Crippen molar-refractivity contribution in [1.29, 1.82) is 0 Å². The van der Waals surface area contributed by atoms with E-state index in [2.05, 4.69) is 4.74 Å². The predicted octanol–water partition coefficient (Wildman–Crippen LogP) is 0.824. The second-order valence-electron chi connectivity index (χ2n) is 3.20. The average Bonchev–Trinajstić information content (AvgIpc) is 2.29. The highest BCUT2D eigenvalue weighted by Gasteiger charge is 2.24. The highest BCUT2D eigenvalue weighted by atomic mass is 35.5. The lowest BCUT2D eigenvalue weighted by atomic mass is 10.0. The number of rotatable bonds is 3. The molecule has 1 atom stereocenters. The molecule has 0 amide bonds. The number of aromatic carboxylic acids is 1. The number of phenols is 1.